The highest BCUT2D eigenvalue weighted by Crippen LogP contribution is 2.13. The zero-order valence-electron chi connectivity index (χ0n) is 11.7. The molecule has 5 nitrogen and oxygen atoms in total. The van der Waals surface area contributed by atoms with Crippen LogP contribution in [-0.2, 0) is 11.2 Å². The minimum Gasteiger partial charge on any atom is -0.314 e. The zero-order chi connectivity index (χ0) is 13.5. The van der Waals surface area contributed by atoms with E-state index in [-0.39, 0.29) is 5.91 Å². The molecule has 0 aromatic carbocycles. The van der Waals surface area contributed by atoms with Crippen LogP contribution < -0.4 is 10.6 Å². The quantitative estimate of drug-likeness (QED) is 0.738. The van der Waals surface area contributed by atoms with Crippen LogP contribution in [0.3, 0.4) is 0 Å². The molecule has 0 aliphatic carbocycles. The van der Waals surface area contributed by atoms with E-state index in [1.165, 1.54) is 19.3 Å². The van der Waals surface area contributed by atoms with Crippen molar-refractivity contribution in [2.45, 2.75) is 57.9 Å². The Morgan fingerprint density at radius 3 is 3.16 bits per heavy atom. The van der Waals surface area contributed by atoms with Gasteiger partial charge < -0.3 is 10.6 Å². The fourth-order valence-electron chi connectivity index (χ4n) is 2.50. The van der Waals surface area contributed by atoms with Gasteiger partial charge in [0.15, 0.2) is 5.82 Å². The van der Waals surface area contributed by atoms with Crippen molar-refractivity contribution in [2.75, 3.05) is 11.9 Å². The molecule has 1 aliphatic rings. The normalized spacial score (nSPS) is 19.3. The van der Waals surface area contributed by atoms with Gasteiger partial charge in [-0.25, -0.2) is 0 Å². The van der Waals surface area contributed by atoms with Crippen molar-refractivity contribution in [1.29, 1.82) is 0 Å². The summed E-state index contributed by atoms with van der Waals surface area (Å²) in [6.07, 6.45) is 7.25. The van der Waals surface area contributed by atoms with Crippen LogP contribution in [0.2, 0.25) is 0 Å². The lowest BCUT2D eigenvalue weighted by Crippen LogP contribution is -2.34. The van der Waals surface area contributed by atoms with Gasteiger partial charge in [-0.15, -0.1) is 0 Å². The van der Waals surface area contributed by atoms with E-state index in [1.807, 2.05) is 6.07 Å². The Labute approximate surface area is 114 Å². The number of hydrogen-bond acceptors (Lipinski definition) is 3. The van der Waals surface area contributed by atoms with Crippen molar-refractivity contribution in [3.63, 3.8) is 0 Å². The third kappa shape index (κ3) is 4.67. The number of piperidine rings is 1. The highest BCUT2D eigenvalue weighted by molar-refractivity contribution is 5.89. The van der Waals surface area contributed by atoms with Crippen LogP contribution in [0.15, 0.2) is 6.07 Å². The van der Waals surface area contributed by atoms with Crippen molar-refractivity contribution in [2.24, 2.45) is 0 Å². The smallest absolute Gasteiger partial charge is 0.225 e. The van der Waals surface area contributed by atoms with Crippen LogP contribution in [0.25, 0.3) is 0 Å². The maximum Gasteiger partial charge on any atom is 0.225 e. The summed E-state index contributed by atoms with van der Waals surface area (Å²) in [4.78, 5) is 11.8. The molecular formula is C14H24N4O. The molecule has 1 aromatic heterocycles. The summed E-state index contributed by atoms with van der Waals surface area (Å²) >= 11 is 0. The summed E-state index contributed by atoms with van der Waals surface area (Å²) in [5, 5.41) is 13.3. The van der Waals surface area contributed by atoms with Gasteiger partial charge in [0.05, 0.1) is 0 Å². The van der Waals surface area contributed by atoms with E-state index >= 15 is 0 Å². The fourth-order valence-corrected chi connectivity index (χ4v) is 2.50. The number of H-pyrrole nitrogens is 1. The molecule has 0 bridgehead atoms. The number of rotatable bonds is 6. The molecule has 0 radical (unpaired) electrons. The average Bonchev–Trinajstić information content (AvgIpc) is 2.85. The Kier molecular flexibility index (Phi) is 5.39. The fraction of sp³-hybridized carbons (Fsp3) is 0.714. The molecule has 1 aliphatic heterocycles. The van der Waals surface area contributed by atoms with E-state index in [2.05, 4.69) is 27.8 Å². The number of carbonyl (C=O) groups is 1. The number of nitrogens with one attached hydrogen (secondary N) is 3. The maximum absolute atomic E-state index is 11.8. The molecule has 3 N–H and O–H groups in total. The zero-order valence-corrected chi connectivity index (χ0v) is 11.7. The van der Waals surface area contributed by atoms with Gasteiger partial charge in [0.1, 0.15) is 0 Å². The number of aryl methyl sites for hydroxylation is 1. The van der Waals surface area contributed by atoms with Crippen molar-refractivity contribution in [3.05, 3.63) is 11.8 Å². The lowest BCUT2D eigenvalue weighted by Gasteiger charge is -2.22. The van der Waals surface area contributed by atoms with Gasteiger partial charge in [0, 0.05) is 24.2 Å². The number of carbonyl (C=O) groups excluding carboxylic acids is 1. The van der Waals surface area contributed by atoms with Crippen molar-refractivity contribution in [3.8, 4) is 0 Å². The van der Waals surface area contributed by atoms with E-state index in [0.717, 1.165) is 31.5 Å². The minimum absolute atomic E-state index is 0.0573. The summed E-state index contributed by atoms with van der Waals surface area (Å²) < 4.78 is 0. The van der Waals surface area contributed by atoms with Gasteiger partial charge in [0.25, 0.3) is 0 Å². The van der Waals surface area contributed by atoms with Gasteiger partial charge >= 0.3 is 0 Å². The van der Waals surface area contributed by atoms with Gasteiger partial charge in [-0.2, -0.15) is 5.10 Å². The highest BCUT2D eigenvalue weighted by atomic mass is 16.1. The number of amides is 1. The van der Waals surface area contributed by atoms with Crippen LogP contribution in [0.5, 0.6) is 0 Å². The van der Waals surface area contributed by atoms with Crippen LogP contribution in [0.4, 0.5) is 5.82 Å². The Balaban J connectivity index is 1.70. The summed E-state index contributed by atoms with van der Waals surface area (Å²) in [7, 11) is 0. The minimum atomic E-state index is 0.0573. The van der Waals surface area contributed by atoms with Crippen molar-refractivity contribution in [1.82, 2.24) is 15.5 Å². The van der Waals surface area contributed by atoms with E-state index in [9.17, 15) is 4.79 Å². The summed E-state index contributed by atoms with van der Waals surface area (Å²) in [6, 6.07) is 2.43. The Hall–Kier alpha value is -1.36. The molecule has 106 valence electrons. The molecule has 1 fully saturated rings. The SMILES string of the molecule is CCCc1cc(NC(=O)CCC2CCCCN2)n[nH]1. The maximum atomic E-state index is 11.8. The second-order valence-electron chi connectivity index (χ2n) is 5.26. The van der Waals surface area contributed by atoms with Crippen LogP contribution >= 0.6 is 0 Å². The number of aromatic nitrogens is 2. The predicted octanol–water partition coefficient (Wildman–Crippen LogP) is 2.22. The Morgan fingerprint density at radius 1 is 1.53 bits per heavy atom. The van der Waals surface area contributed by atoms with Crippen molar-refractivity contribution >= 4 is 11.7 Å². The third-order valence-corrected chi connectivity index (χ3v) is 3.55. The first-order valence-electron chi connectivity index (χ1n) is 7.35. The van der Waals surface area contributed by atoms with Crippen LogP contribution in [0, 0.1) is 0 Å². The molecule has 5 heteroatoms. The standard InChI is InChI=1S/C14H24N4O/c1-2-5-12-10-13(18-17-12)16-14(19)8-7-11-6-3-4-9-15-11/h10-11,15H,2-9H2,1H3,(H2,16,17,18,19). The molecule has 19 heavy (non-hydrogen) atoms. The predicted molar refractivity (Wildman–Crippen MR) is 76.1 cm³/mol. The molecule has 2 rings (SSSR count). The number of hydrogen-bond donors (Lipinski definition) is 3. The largest absolute Gasteiger partial charge is 0.314 e. The molecule has 2 heterocycles. The second-order valence-corrected chi connectivity index (χ2v) is 5.26. The molecule has 0 spiro atoms. The van der Waals surface area contributed by atoms with E-state index in [1.54, 1.807) is 0 Å². The summed E-state index contributed by atoms with van der Waals surface area (Å²) in [5.41, 5.74) is 1.08. The average molecular weight is 264 g/mol. The summed E-state index contributed by atoms with van der Waals surface area (Å²) in [6.45, 7) is 3.21. The lowest BCUT2D eigenvalue weighted by molar-refractivity contribution is -0.116. The van der Waals surface area contributed by atoms with Crippen LogP contribution in [-0.4, -0.2) is 28.7 Å². The van der Waals surface area contributed by atoms with E-state index < -0.39 is 0 Å². The third-order valence-electron chi connectivity index (χ3n) is 3.55. The Bertz CT molecular complexity index is 396. The molecule has 1 amide bonds. The molecular weight excluding hydrogens is 240 g/mol. The monoisotopic (exact) mass is 264 g/mol. The van der Waals surface area contributed by atoms with E-state index in [4.69, 9.17) is 0 Å². The molecule has 1 atom stereocenters. The first-order chi connectivity index (χ1) is 9.28. The first kappa shape index (κ1) is 14.1. The van der Waals surface area contributed by atoms with Gasteiger partial charge in [-0.1, -0.05) is 19.8 Å². The lowest BCUT2D eigenvalue weighted by atomic mass is 10.0. The van der Waals surface area contributed by atoms with E-state index in [0.29, 0.717) is 18.3 Å². The topological polar surface area (TPSA) is 69.8 Å². The number of nitrogens with zero attached hydrogens (tertiary/aromatic N) is 1. The number of anilines is 1. The molecule has 1 unspecified atom stereocenters. The second kappa shape index (κ2) is 7.28. The Morgan fingerprint density at radius 2 is 2.42 bits per heavy atom. The number of aromatic amines is 1. The van der Waals surface area contributed by atoms with Gasteiger partial charge in [-0.05, 0) is 32.2 Å². The highest BCUT2D eigenvalue weighted by Gasteiger charge is 2.14. The van der Waals surface area contributed by atoms with Gasteiger partial charge in [-0.3, -0.25) is 9.89 Å². The summed E-state index contributed by atoms with van der Waals surface area (Å²) in [5.74, 6) is 0.701. The van der Waals surface area contributed by atoms with Crippen LogP contribution in [0.1, 0.15) is 51.1 Å². The van der Waals surface area contributed by atoms with Gasteiger partial charge in [0.2, 0.25) is 5.91 Å². The molecule has 1 aromatic rings. The van der Waals surface area contributed by atoms with Crippen molar-refractivity contribution < 1.29 is 4.79 Å². The first-order valence-corrected chi connectivity index (χ1v) is 7.35. The molecule has 0 saturated carbocycles. The molecule has 1 saturated heterocycles.